The first-order valence-corrected chi connectivity index (χ1v) is 7.86. The lowest BCUT2D eigenvalue weighted by atomic mass is 10.3. The highest BCUT2D eigenvalue weighted by Crippen LogP contribution is 2.10. The van der Waals surface area contributed by atoms with Gasteiger partial charge in [0.15, 0.2) is 5.13 Å². The van der Waals surface area contributed by atoms with E-state index < -0.39 is 10.0 Å². The average Bonchev–Trinajstić information content (AvgIpc) is 2.70. The van der Waals surface area contributed by atoms with Crippen LogP contribution in [-0.2, 0) is 16.6 Å². The number of sulfonamides is 1. The fourth-order valence-corrected chi connectivity index (χ4v) is 2.38. The smallest absolute Gasteiger partial charge is 0.211 e. The zero-order chi connectivity index (χ0) is 12.9. The first-order chi connectivity index (χ1) is 7.93. The van der Waals surface area contributed by atoms with E-state index in [9.17, 15) is 8.42 Å². The van der Waals surface area contributed by atoms with E-state index in [4.69, 9.17) is 5.73 Å². The van der Waals surface area contributed by atoms with Gasteiger partial charge in [-0.05, 0) is 13.8 Å². The zero-order valence-electron chi connectivity index (χ0n) is 9.93. The minimum Gasteiger partial charge on any atom is -0.375 e. The number of rotatable bonds is 7. The summed E-state index contributed by atoms with van der Waals surface area (Å²) in [6.07, 6.45) is 0. The van der Waals surface area contributed by atoms with E-state index in [1.165, 1.54) is 11.3 Å². The molecule has 8 heteroatoms. The van der Waals surface area contributed by atoms with Crippen LogP contribution in [0.4, 0.5) is 5.13 Å². The summed E-state index contributed by atoms with van der Waals surface area (Å²) in [7, 11) is -3.12. The summed E-state index contributed by atoms with van der Waals surface area (Å²) in [6, 6.07) is 0.0410. The van der Waals surface area contributed by atoms with E-state index in [-0.39, 0.29) is 11.8 Å². The SMILES string of the molecule is CCS(=O)(=O)NCC(C)NCc1csc(N)n1. The van der Waals surface area contributed by atoms with Crippen molar-refractivity contribution in [1.29, 1.82) is 0 Å². The molecule has 1 atom stereocenters. The van der Waals surface area contributed by atoms with E-state index >= 15 is 0 Å². The van der Waals surface area contributed by atoms with E-state index in [2.05, 4.69) is 15.0 Å². The lowest BCUT2D eigenvalue weighted by Crippen LogP contribution is -2.39. The largest absolute Gasteiger partial charge is 0.375 e. The van der Waals surface area contributed by atoms with Crippen LogP contribution in [0.3, 0.4) is 0 Å². The third kappa shape index (κ3) is 5.44. The van der Waals surface area contributed by atoms with Gasteiger partial charge in [-0.15, -0.1) is 11.3 Å². The van der Waals surface area contributed by atoms with Crippen LogP contribution in [0, 0.1) is 0 Å². The van der Waals surface area contributed by atoms with Gasteiger partial charge in [0.25, 0.3) is 0 Å². The lowest BCUT2D eigenvalue weighted by molar-refractivity contribution is 0.522. The van der Waals surface area contributed by atoms with E-state index in [0.717, 1.165) is 5.69 Å². The first kappa shape index (κ1) is 14.4. The molecule has 0 aliphatic heterocycles. The Bertz CT molecular complexity index is 444. The van der Waals surface area contributed by atoms with Crippen LogP contribution in [0.15, 0.2) is 5.38 Å². The number of thiazole rings is 1. The molecule has 1 heterocycles. The second-order valence-corrected chi connectivity index (χ2v) is 6.70. The molecule has 0 saturated heterocycles. The molecule has 1 rings (SSSR count). The Hall–Kier alpha value is -0.700. The number of nitrogens with zero attached hydrogens (tertiary/aromatic N) is 1. The zero-order valence-corrected chi connectivity index (χ0v) is 11.6. The molecule has 0 fully saturated rings. The molecule has 0 radical (unpaired) electrons. The molecule has 0 bridgehead atoms. The molecule has 17 heavy (non-hydrogen) atoms. The molecule has 1 aromatic rings. The molecule has 1 aromatic heterocycles. The second-order valence-electron chi connectivity index (χ2n) is 3.71. The van der Waals surface area contributed by atoms with Gasteiger partial charge in [0.2, 0.25) is 10.0 Å². The highest BCUT2D eigenvalue weighted by Gasteiger charge is 2.09. The fraction of sp³-hybridized carbons (Fsp3) is 0.667. The number of anilines is 1. The van der Waals surface area contributed by atoms with Crippen molar-refractivity contribution in [2.24, 2.45) is 0 Å². The van der Waals surface area contributed by atoms with Gasteiger partial charge in [-0.25, -0.2) is 18.1 Å². The fourth-order valence-electron chi connectivity index (χ4n) is 1.11. The summed E-state index contributed by atoms with van der Waals surface area (Å²) in [5.41, 5.74) is 6.38. The molecular weight excluding hydrogens is 260 g/mol. The Morgan fingerprint density at radius 2 is 2.29 bits per heavy atom. The highest BCUT2D eigenvalue weighted by atomic mass is 32.2. The van der Waals surface area contributed by atoms with Crippen LogP contribution < -0.4 is 15.8 Å². The van der Waals surface area contributed by atoms with Crippen LogP contribution in [0.5, 0.6) is 0 Å². The van der Waals surface area contributed by atoms with Gasteiger partial charge in [0.05, 0.1) is 11.4 Å². The molecule has 0 aliphatic carbocycles. The molecule has 0 aromatic carbocycles. The van der Waals surface area contributed by atoms with Gasteiger partial charge in [0.1, 0.15) is 0 Å². The van der Waals surface area contributed by atoms with Crippen LogP contribution in [0.25, 0.3) is 0 Å². The monoisotopic (exact) mass is 278 g/mol. The molecule has 0 aliphatic rings. The van der Waals surface area contributed by atoms with Crippen LogP contribution in [-0.4, -0.2) is 31.7 Å². The summed E-state index contributed by atoms with van der Waals surface area (Å²) in [5, 5.41) is 5.59. The minimum atomic E-state index is -3.12. The van der Waals surface area contributed by atoms with Crippen molar-refractivity contribution >= 4 is 26.5 Å². The molecule has 0 saturated carbocycles. The van der Waals surface area contributed by atoms with Crippen molar-refractivity contribution in [2.75, 3.05) is 18.0 Å². The van der Waals surface area contributed by atoms with Crippen LogP contribution >= 0.6 is 11.3 Å². The maximum absolute atomic E-state index is 11.2. The summed E-state index contributed by atoms with van der Waals surface area (Å²) < 4.78 is 24.9. The van der Waals surface area contributed by atoms with Gasteiger partial charge < -0.3 is 11.1 Å². The normalized spacial score (nSPS) is 13.8. The highest BCUT2D eigenvalue weighted by molar-refractivity contribution is 7.89. The second kappa shape index (κ2) is 6.29. The maximum atomic E-state index is 11.2. The Labute approximate surface area is 106 Å². The summed E-state index contributed by atoms with van der Waals surface area (Å²) in [5.74, 6) is 0.0995. The number of nitrogens with one attached hydrogen (secondary N) is 2. The van der Waals surface area contributed by atoms with Crippen molar-refractivity contribution in [3.8, 4) is 0 Å². The quantitative estimate of drug-likeness (QED) is 0.659. The minimum absolute atomic E-state index is 0.0410. The molecule has 0 spiro atoms. The number of aromatic nitrogens is 1. The van der Waals surface area contributed by atoms with Crippen LogP contribution in [0.1, 0.15) is 19.5 Å². The van der Waals surface area contributed by atoms with E-state index in [1.54, 1.807) is 6.92 Å². The van der Waals surface area contributed by atoms with Crippen molar-refractivity contribution in [1.82, 2.24) is 15.0 Å². The van der Waals surface area contributed by atoms with Crippen molar-refractivity contribution < 1.29 is 8.42 Å². The van der Waals surface area contributed by atoms with Gasteiger partial charge in [-0.2, -0.15) is 0 Å². The van der Waals surface area contributed by atoms with Crippen molar-refractivity contribution in [3.05, 3.63) is 11.1 Å². The standard InChI is InChI=1S/C9H18N4O2S2/c1-3-17(14,15)12-4-7(2)11-5-8-6-16-9(10)13-8/h6-7,11-12H,3-5H2,1-2H3,(H2,10,13). The Morgan fingerprint density at radius 1 is 1.59 bits per heavy atom. The maximum Gasteiger partial charge on any atom is 0.211 e. The third-order valence-electron chi connectivity index (χ3n) is 2.19. The van der Waals surface area contributed by atoms with Gasteiger partial charge in [0, 0.05) is 24.5 Å². The Kier molecular flexibility index (Phi) is 5.31. The Balaban J connectivity index is 2.28. The molecule has 98 valence electrons. The topological polar surface area (TPSA) is 97.1 Å². The lowest BCUT2D eigenvalue weighted by Gasteiger charge is -2.13. The predicted molar refractivity (Wildman–Crippen MR) is 70.3 cm³/mol. The number of hydrogen-bond donors (Lipinski definition) is 3. The van der Waals surface area contributed by atoms with E-state index in [1.807, 2.05) is 12.3 Å². The summed E-state index contributed by atoms with van der Waals surface area (Å²) >= 11 is 1.39. The Morgan fingerprint density at radius 3 is 2.82 bits per heavy atom. The number of nitrogens with two attached hydrogens (primary N) is 1. The van der Waals surface area contributed by atoms with Crippen molar-refractivity contribution in [2.45, 2.75) is 26.4 Å². The third-order valence-corrected chi connectivity index (χ3v) is 4.28. The summed E-state index contributed by atoms with van der Waals surface area (Å²) in [6.45, 7) is 4.48. The van der Waals surface area contributed by atoms with Crippen molar-refractivity contribution in [3.63, 3.8) is 0 Å². The molecule has 6 nitrogen and oxygen atoms in total. The van der Waals surface area contributed by atoms with Gasteiger partial charge in [-0.3, -0.25) is 0 Å². The first-order valence-electron chi connectivity index (χ1n) is 5.33. The number of nitrogen functional groups attached to an aromatic ring is 1. The van der Waals surface area contributed by atoms with Gasteiger partial charge in [-0.1, -0.05) is 0 Å². The molecule has 0 amide bonds. The predicted octanol–water partition coefficient (Wildman–Crippen LogP) is 0.143. The van der Waals surface area contributed by atoms with E-state index in [0.29, 0.717) is 18.2 Å². The van der Waals surface area contributed by atoms with Crippen LogP contribution in [0.2, 0.25) is 0 Å². The number of hydrogen-bond acceptors (Lipinski definition) is 6. The van der Waals surface area contributed by atoms with Gasteiger partial charge >= 0.3 is 0 Å². The summed E-state index contributed by atoms with van der Waals surface area (Å²) in [4.78, 5) is 4.10. The molecular formula is C9H18N4O2S2. The molecule has 4 N–H and O–H groups in total. The molecule has 1 unspecified atom stereocenters. The average molecular weight is 278 g/mol.